The summed E-state index contributed by atoms with van der Waals surface area (Å²) in [5.74, 6) is -0.182. The van der Waals surface area contributed by atoms with Gasteiger partial charge < -0.3 is 9.72 Å². The molecule has 0 aliphatic heterocycles. The van der Waals surface area contributed by atoms with E-state index >= 15 is 0 Å². The lowest BCUT2D eigenvalue weighted by Gasteiger charge is -2.10. The first kappa shape index (κ1) is 11.3. The normalized spacial score (nSPS) is 14.5. The van der Waals surface area contributed by atoms with E-state index in [4.69, 9.17) is 4.74 Å². The summed E-state index contributed by atoms with van der Waals surface area (Å²) in [5, 5.41) is 1.28. The fourth-order valence-corrected chi connectivity index (χ4v) is 2.80. The predicted octanol–water partition coefficient (Wildman–Crippen LogP) is 2.76. The molecule has 94 valence electrons. The van der Waals surface area contributed by atoms with Gasteiger partial charge in [-0.3, -0.25) is 4.79 Å². The summed E-state index contributed by atoms with van der Waals surface area (Å²) in [4.78, 5) is 14.8. The molecule has 0 atom stereocenters. The van der Waals surface area contributed by atoms with Crippen LogP contribution in [0.1, 0.15) is 29.7 Å². The predicted molar refractivity (Wildman–Crippen MR) is 70.7 cm³/mol. The van der Waals surface area contributed by atoms with Gasteiger partial charge >= 0.3 is 5.97 Å². The molecule has 3 nitrogen and oxygen atoms in total. The molecule has 18 heavy (non-hydrogen) atoms. The lowest BCUT2D eigenvalue weighted by Crippen LogP contribution is -2.04. The van der Waals surface area contributed by atoms with Crippen LogP contribution in [0.2, 0.25) is 0 Å². The Bertz CT molecular complexity index is 598. The molecule has 0 amide bonds. The Balaban J connectivity index is 2.02. The van der Waals surface area contributed by atoms with Crippen LogP contribution in [0.5, 0.6) is 0 Å². The van der Waals surface area contributed by atoms with Crippen molar-refractivity contribution in [2.45, 2.75) is 32.1 Å². The third kappa shape index (κ3) is 1.90. The summed E-state index contributed by atoms with van der Waals surface area (Å²) < 4.78 is 4.71. The number of rotatable bonds is 2. The summed E-state index contributed by atoms with van der Waals surface area (Å²) in [6, 6.07) is 6.21. The van der Waals surface area contributed by atoms with Crippen molar-refractivity contribution in [3.8, 4) is 0 Å². The first-order chi connectivity index (χ1) is 8.78. The number of fused-ring (bicyclic) bond motifs is 3. The third-order valence-electron chi connectivity index (χ3n) is 3.74. The molecule has 1 N–H and O–H groups in total. The van der Waals surface area contributed by atoms with Crippen molar-refractivity contribution in [2.24, 2.45) is 0 Å². The van der Waals surface area contributed by atoms with Crippen LogP contribution in [-0.2, 0) is 28.8 Å². The molecule has 0 saturated carbocycles. The van der Waals surface area contributed by atoms with Gasteiger partial charge in [0, 0.05) is 16.6 Å². The summed E-state index contributed by atoms with van der Waals surface area (Å²) >= 11 is 0. The average molecular weight is 243 g/mol. The topological polar surface area (TPSA) is 42.1 Å². The number of carbonyl (C=O) groups excluding carboxylic acids is 1. The highest BCUT2D eigenvalue weighted by Gasteiger charge is 2.15. The van der Waals surface area contributed by atoms with E-state index in [1.165, 1.54) is 42.1 Å². The number of carbonyl (C=O) groups is 1. The van der Waals surface area contributed by atoms with Gasteiger partial charge in [-0.1, -0.05) is 6.07 Å². The number of aromatic nitrogens is 1. The Morgan fingerprint density at radius 1 is 1.33 bits per heavy atom. The molecule has 3 rings (SSSR count). The molecule has 1 aromatic heterocycles. The molecule has 0 spiro atoms. The zero-order valence-corrected chi connectivity index (χ0v) is 10.6. The minimum atomic E-state index is -0.182. The third-order valence-corrected chi connectivity index (χ3v) is 3.74. The van der Waals surface area contributed by atoms with Crippen molar-refractivity contribution < 1.29 is 9.53 Å². The smallest absolute Gasteiger partial charge is 0.309 e. The van der Waals surface area contributed by atoms with Crippen molar-refractivity contribution in [3.05, 3.63) is 35.0 Å². The van der Waals surface area contributed by atoms with Crippen molar-refractivity contribution in [1.29, 1.82) is 0 Å². The average Bonchev–Trinajstić information content (AvgIpc) is 2.77. The highest BCUT2D eigenvalue weighted by molar-refractivity contribution is 5.86. The van der Waals surface area contributed by atoms with Gasteiger partial charge in [0.25, 0.3) is 0 Å². The number of aromatic amines is 1. The molecule has 3 heteroatoms. The number of ether oxygens (including phenoxy) is 1. The van der Waals surface area contributed by atoms with E-state index < -0.39 is 0 Å². The van der Waals surface area contributed by atoms with Gasteiger partial charge in [0.2, 0.25) is 0 Å². The molecule has 0 fully saturated rings. The second-order valence-corrected chi connectivity index (χ2v) is 4.92. The molecule has 0 bridgehead atoms. The van der Waals surface area contributed by atoms with E-state index in [2.05, 4.69) is 17.1 Å². The first-order valence-electron chi connectivity index (χ1n) is 6.47. The van der Waals surface area contributed by atoms with Crippen LogP contribution in [-0.4, -0.2) is 18.1 Å². The molecule has 1 heterocycles. The standard InChI is InChI=1S/C15H17NO2/c1-18-15(17)9-10-6-7-14-12(8-10)11-4-2-3-5-13(11)16-14/h6-8,16H,2-5,9H2,1H3. The number of methoxy groups -OCH3 is 1. The van der Waals surface area contributed by atoms with Gasteiger partial charge in [-0.05, 0) is 48.9 Å². The molecule has 0 radical (unpaired) electrons. The maximum atomic E-state index is 11.3. The van der Waals surface area contributed by atoms with Crippen molar-refractivity contribution in [1.82, 2.24) is 4.98 Å². The van der Waals surface area contributed by atoms with E-state index in [0.29, 0.717) is 6.42 Å². The monoisotopic (exact) mass is 243 g/mol. The van der Waals surface area contributed by atoms with E-state index in [9.17, 15) is 4.79 Å². The molecule has 1 aliphatic rings. The van der Waals surface area contributed by atoms with Crippen molar-refractivity contribution >= 4 is 16.9 Å². The Morgan fingerprint density at radius 3 is 3.00 bits per heavy atom. The maximum Gasteiger partial charge on any atom is 0.309 e. The molecule has 1 aromatic carbocycles. The van der Waals surface area contributed by atoms with Crippen LogP contribution in [0, 0.1) is 0 Å². The quantitative estimate of drug-likeness (QED) is 0.824. The number of aryl methyl sites for hydroxylation is 2. The van der Waals surface area contributed by atoms with Crippen LogP contribution in [0.25, 0.3) is 10.9 Å². The Kier molecular flexibility index (Phi) is 2.82. The first-order valence-corrected chi connectivity index (χ1v) is 6.47. The van der Waals surface area contributed by atoms with Crippen molar-refractivity contribution in [3.63, 3.8) is 0 Å². The molecular weight excluding hydrogens is 226 g/mol. The number of nitrogens with one attached hydrogen (secondary N) is 1. The maximum absolute atomic E-state index is 11.3. The molecular formula is C15H17NO2. The summed E-state index contributed by atoms with van der Waals surface area (Å²) in [6.45, 7) is 0. The minimum Gasteiger partial charge on any atom is -0.469 e. The van der Waals surface area contributed by atoms with Crippen LogP contribution < -0.4 is 0 Å². The number of hydrogen-bond donors (Lipinski definition) is 1. The van der Waals surface area contributed by atoms with Crippen LogP contribution in [0.15, 0.2) is 18.2 Å². The van der Waals surface area contributed by atoms with E-state index in [1.807, 2.05) is 6.07 Å². The number of esters is 1. The minimum absolute atomic E-state index is 0.182. The number of hydrogen-bond acceptors (Lipinski definition) is 2. The molecule has 0 unspecified atom stereocenters. The van der Waals surface area contributed by atoms with E-state index in [1.54, 1.807) is 0 Å². The summed E-state index contributed by atoms with van der Waals surface area (Å²) in [5.41, 5.74) is 5.05. The lowest BCUT2D eigenvalue weighted by atomic mass is 9.95. The zero-order chi connectivity index (χ0) is 12.5. The largest absolute Gasteiger partial charge is 0.469 e. The molecule has 0 saturated heterocycles. The van der Waals surface area contributed by atoms with Gasteiger partial charge in [-0.25, -0.2) is 0 Å². The van der Waals surface area contributed by atoms with Gasteiger partial charge in [0.1, 0.15) is 0 Å². The van der Waals surface area contributed by atoms with Gasteiger partial charge in [-0.2, -0.15) is 0 Å². The fourth-order valence-electron chi connectivity index (χ4n) is 2.80. The van der Waals surface area contributed by atoms with Crippen LogP contribution in [0.3, 0.4) is 0 Å². The second-order valence-electron chi connectivity index (χ2n) is 4.92. The SMILES string of the molecule is COC(=O)Cc1ccc2[nH]c3c(c2c1)CCCC3. The summed E-state index contributed by atoms with van der Waals surface area (Å²) in [6.07, 6.45) is 5.19. The lowest BCUT2D eigenvalue weighted by molar-refractivity contribution is -0.139. The molecule has 1 aliphatic carbocycles. The highest BCUT2D eigenvalue weighted by atomic mass is 16.5. The number of benzene rings is 1. The van der Waals surface area contributed by atoms with Gasteiger partial charge in [0.05, 0.1) is 13.5 Å². The second kappa shape index (κ2) is 4.48. The Morgan fingerprint density at radius 2 is 2.17 bits per heavy atom. The fraction of sp³-hybridized carbons (Fsp3) is 0.400. The number of H-pyrrole nitrogens is 1. The van der Waals surface area contributed by atoms with Gasteiger partial charge in [0.15, 0.2) is 0 Å². The summed E-state index contributed by atoms with van der Waals surface area (Å²) in [7, 11) is 1.43. The molecule has 2 aromatic rings. The Hall–Kier alpha value is -1.77. The van der Waals surface area contributed by atoms with E-state index in [-0.39, 0.29) is 5.97 Å². The van der Waals surface area contributed by atoms with Crippen LogP contribution in [0.4, 0.5) is 0 Å². The Labute approximate surface area is 106 Å². The van der Waals surface area contributed by atoms with Crippen molar-refractivity contribution in [2.75, 3.05) is 7.11 Å². The zero-order valence-electron chi connectivity index (χ0n) is 10.6. The highest BCUT2D eigenvalue weighted by Crippen LogP contribution is 2.29. The van der Waals surface area contributed by atoms with Crippen LogP contribution >= 0.6 is 0 Å². The van der Waals surface area contributed by atoms with E-state index in [0.717, 1.165) is 18.4 Å². The van der Waals surface area contributed by atoms with Gasteiger partial charge in [-0.15, -0.1) is 0 Å².